The lowest BCUT2D eigenvalue weighted by Crippen LogP contribution is -2.34. The van der Waals surface area contributed by atoms with Crippen molar-refractivity contribution in [1.82, 2.24) is 5.32 Å². The lowest BCUT2D eigenvalue weighted by molar-refractivity contribution is -0.146. The maximum absolute atomic E-state index is 12.0. The number of amides is 1. The molecule has 1 aromatic rings. The molecule has 0 aliphatic heterocycles. The van der Waals surface area contributed by atoms with Gasteiger partial charge < -0.3 is 14.8 Å². The molecule has 1 N–H and O–H groups in total. The van der Waals surface area contributed by atoms with Crippen molar-refractivity contribution in [3.05, 3.63) is 35.9 Å². The van der Waals surface area contributed by atoms with Gasteiger partial charge in [0, 0.05) is 6.04 Å². The highest BCUT2D eigenvalue weighted by molar-refractivity contribution is 7.17. The van der Waals surface area contributed by atoms with Crippen molar-refractivity contribution in [3.8, 4) is 0 Å². The van der Waals surface area contributed by atoms with Crippen LogP contribution in [-0.4, -0.2) is 31.8 Å². The Labute approximate surface area is 181 Å². The molecular weight excluding hydrogens is 405 g/mol. The highest BCUT2D eigenvalue weighted by Crippen LogP contribution is 2.16. The Morgan fingerprint density at radius 2 is 1.70 bits per heavy atom. The SMILES string of the molecule is CCC(CCCCCCCC(CO[PH+]=O)C(=O)OC)NC(=O)OCc1ccccc1. The van der Waals surface area contributed by atoms with Gasteiger partial charge in [-0.25, -0.2) is 4.79 Å². The number of esters is 1. The zero-order valence-electron chi connectivity index (χ0n) is 18.1. The molecule has 0 radical (unpaired) electrons. The average Bonchev–Trinajstić information content (AvgIpc) is 2.78. The summed E-state index contributed by atoms with van der Waals surface area (Å²) in [5, 5.41) is 2.94. The minimum Gasteiger partial charge on any atom is -0.469 e. The minimum absolute atomic E-state index is 0.113. The topological polar surface area (TPSA) is 90.9 Å². The Kier molecular flexibility index (Phi) is 14.6. The van der Waals surface area contributed by atoms with Crippen molar-refractivity contribution in [3.63, 3.8) is 0 Å². The van der Waals surface area contributed by atoms with Crippen LogP contribution in [0.2, 0.25) is 0 Å². The van der Waals surface area contributed by atoms with E-state index in [0.29, 0.717) is 6.42 Å². The van der Waals surface area contributed by atoms with Gasteiger partial charge in [-0.3, -0.25) is 4.79 Å². The first kappa shape index (κ1) is 26.1. The van der Waals surface area contributed by atoms with Crippen LogP contribution in [-0.2, 0) is 30.0 Å². The molecule has 1 aromatic carbocycles. The Morgan fingerprint density at radius 1 is 1.03 bits per heavy atom. The highest BCUT2D eigenvalue weighted by Gasteiger charge is 2.20. The number of unbranched alkanes of at least 4 members (excludes halogenated alkanes) is 4. The van der Waals surface area contributed by atoms with E-state index in [1.807, 2.05) is 30.3 Å². The van der Waals surface area contributed by atoms with E-state index in [2.05, 4.69) is 12.2 Å². The van der Waals surface area contributed by atoms with E-state index in [-0.39, 0.29) is 37.2 Å². The van der Waals surface area contributed by atoms with E-state index in [1.54, 1.807) is 0 Å². The fourth-order valence-corrected chi connectivity index (χ4v) is 3.46. The number of rotatable bonds is 16. The molecule has 8 heteroatoms. The summed E-state index contributed by atoms with van der Waals surface area (Å²) >= 11 is 0. The van der Waals surface area contributed by atoms with Crippen LogP contribution in [0.15, 0.2) is 30.3 Å². The van der Waals surface area contributed by atoms with Gasteiger partial charge in [-0.2, -0.15) is 0 Å². The Balaban J connectivity index is 2.13. The quantitative estimate of drug-likeness (QED) is 0.217. The zero-order chi connectivity index (χ0) is 22.0. The van der Waals surface area contributed by atoms with Crippen molar-refractivity contribution >= 4 is 20.7 Å². The number of hydrogen-bond donors (Lipinski definition) is 1. The molecule has 3 unspecified atom stereocenters. The van der Waals surface area contributed by atoms with Gasteiger partial charge in [0.15, 0.2) is 0 Å². The fraction of sp³-hybridized carbons (Fsp3) is 0.636. The van der Waals surface area contributed by atoms with Crippen LogP contribution in [0.25, 0.3) is 0 Å². The summed E-state index contributed by atoms with van der Waals surface area (Å²) in [4.78, 5) is 23.6. The number of alkyl carbamates (subject to hydrolysis) is 1. The summed E-state index contributed by atoms with van der Waals surface area (Å²) in [6.45, 7) is 2.47. The molecule has 3 atom stereocenters. The first-order chi connectivity index (χ1) is 14.6. The standard InChI is InChI=1S/C22H34NO6P/c1-3-20(23-22(25)28-16-18-12-8-7-9-13-18)15-11-6-4-5-10-14-19(17-29-30-26)21(24)27-2/h7-9,12-13,19-20,30H,3-6,10-11,14-17H2,1-2H3/p+1. The molecule has 0 heterocycles. The molecule has 7 nitrogen and oxygen atoms in total. The lowest BCUT2D eigenvalue weighted by atomic mass is 10.00. The lowest BCUT2D eigenvalue weighted by Gasteiger charge is -2.17. The van der Waals surface area contributed by atoms with Crippen LogP contribution in [0.4, 0.5) is 4.79 Å². The van der Waals surface area contributed by atoms with Gasteiger partial charge in [0.2, 0.25) is 0 Å². The first-order valence-corrected chi connectivity index (χ1v) is 11.5. The third-order valence-electron chi connectivity index (χ3n) is 5.01. The van der Waals surface area contributed by atoms with Gasteiger partial charge in [0.1, 0.15) is 13.2 Å². The smallest absolute Gasteiger partial charge is 0.469 e. The second-order valence-corrected chi connectivity index (χ2v) is 7.73. The summed E-state index contributed by atoms with van der Waals surface area (Å²) in [5.41, 5.74) is 0.968. The van der Waals surface area contributed by atoms with Crippen LogP contribution >= 0.6 is 8.69 Å². The molecule has 0 spiro atoms. The number of benzene rings is 1. The van der Waals surface area contributed by atoms with Gasteiger partial charge >= 0.3 is 20.7 Å². The summed E-state index contributed by atoms with van der Waals surface area (Å²) in [5.74, 6) is -0.670. The van der Waals surface area contributed by atoms with E-state index in [9.17, 15) is 14.2 Å². The van der Waals surface area contributed by atoms with Crippen LogP contribution in [0.5, 0.6) is 0 Å². The minimum atomic E-state index is -0.859. The summed E-state index contributed by atoms with van der Waals surface area (Å²) in [7, 11) is 0.492. The molecule has 0 saturated carbocycles. The molecule has 1 rings (SSSR count). The molecular formula is C22H35NO6P+. The average molecular weight is 440 g/mol. The van der Waals surface area contributed by atoms with Gasteiger partial charge in [-0.1, -0.05) is 69.4 Å². The largest absolute Gasteiger partial charge is 0.494 e. The van der Waals surface area contributed by atoms with Crippen molar-refractivity contribution in [1.29, 1.82) is 0 Å². The van der Waals surface area contributed by atoms with Crippen LogP contribution in [0.1, 0.15) is 63.9 Å². The van der Waals surface area contributed by atoms with Gasteiger partial charge in [0.05, 0.1) is 13.0 Å². The number of ether oxygens (including phenoxy) is 2. The Morgan fingerprint density at radius 3 is 2.33 bits per heavy atom. The number of hydrogen-bond acceptors (Lipinski definition) is 6. The maximum Gasteiger partial charge on any atom is 0.494 e. The van der Waals surface area contributed by atoms with Crippen molar-refractivity contribution in [2.45, 2.75) is 70.9 Å². The fourth-order valence-electron chi connectivity index (χ4n) is 3.19. The second-order valence-electron chi connectivity index (χ2n) is 7.27. The van der Waals surface area contributed by atoms with E-state index < -0.39 is 8.69 Å². The van der Waals surface area contributed by atoms with Crippen molar-refractivity contribution < 1.29 is 28.2 Å². The van der Waals surface area contributed by atoms with Crippen LogP contribution < -0.4 is 5.32 Å². The summed E-state index contributed by atoms with van der Waals surface area (Å²) in [6.07, 6.45) is 7.14. The number of carbonyl (C=O) groups excluding carboxylic acids is 2. The third-order valence-corrected chi connectivity index (χ3v) is 5.30. The molecule has 0 aliphatic rings. The first-order valence-electron chi connectivity index (χ1n) is 10.6. The van der Waals surface area contributed by atoms with Crippen LogP contribution in [0, 0.1) is 5.92 Å². The van der Waals surface area contributed by atoms with Crippen LogP contribution in [0.3, 0.4) is 0 Å². The Bertz CT molecular complexity index is 613. The maximum atomic E-state index is 12.0. The molecule has 1 amide bonds. The van der Waals surface area contributed by atoms with Crippen molar-refractivity contribution in [2.24, 2.45) is 5.92 Å². The second kappa shape index (κ2) is 16.8. The molecule has 30 heavy (non-hydrogen) atoms. The molecule has 0 fully saturated rings. The van der Waals surface area contributed by atoms with Gasteiger partial charge in [0.25, 0.3) is 0 Å². The summed E-state index contributed by atoms with van der Waals surface area (Å²) < 4.78 is 25.4. The van der Waals surface area contributed by atoms with Gasteiger partial charge in [-0.05, 0) is 29.4 Å². The zero-order valence-corrected chi connectivity index (χ0v) is 19.1. The number of nitrogens with one attached hydrogen (secondary N) is 1. The van der Waals surface area contributed by atoms with E-state index >= 15 is 0 Å². The molecule has 0 bridgehead atoms. The van der Waals surface area contributed by atoms with Gasteiger partial charge in [-0.15, -0.1) is 4.52 Å². The normalized spacial score (nSPS) is 12.9. The predicted molar refractivity (Wildman–Crippen MR) is 117 cm³/mol. The Hall–Kier alpha value is -1.98. The predicted octanol–water partition coefficient (Wildman–Crippen LogP) is 5.17. The molecule has 0 saturated heterocycles. The number of methoxy groups -OCH3 is 1. The highest BCUT2D eigenvalue weighted by atomic mass is 31.1. The third kappa shape index (κ3) is 11.9. The van der Waals surface area contributed by atoms with E-state index in [0.717, 1.165) is 50.5 Å². The molecule has 168 valence electrons. The van der Waals surface area contributed by atoms with Crippen molar-refractivity contribution in [2.75, 3.05) is 13.7 Å². The van der Waals surface area contributed by atoms with E-state index in [4.69, 9.17) is 14.0 Å². The summed E-state index contributed by atoms with van der Waals surface area (Å²) in [6, 6.07) is 9.73. The molecule has 0 aromatic heterocycles. The monoisotopic (exact) mass is 440 g/mol. The van der Waals surface area contributed by atoms with E-state index in [1.165, 1.54) is 7.11 Å². The number of carbonyl (C=O) groups is 2. The molecule has 0 aliphatic carbocycles.